The van der Waals surface area contributed by atoms with Crippen LogP contribution in [0.2, 0.25) is 25.2 Å². The second-order valence-corrected chi connectivity index (χ2v) is 13.2. The summed E-state index contributed by atoms with van der Waals surface area (Å²) in [6, 6.07) is 2.83. The third kappa shape index (κ3) is 13.4. The van der Waals surface area contributed by atoms with Gasteiger partial charge in [0.05, 0.1) is 0 Å². The summed E-state index contributed by atoms with van der Waals surface area (Å²) >= 11 is 0. The van der Waals surface area contributed by atoms with Gasteiger partial charge < -0.3 is 19.6 Å². The van der Waals surface area contributed by atoms with Crippen LogP contribution in [0.5, 0.6) is 0 Å². The molecule has 5 heteroatoms. The van der Waals surface area contributed by atoms with E-state index in [-0.39, 0.29) is 0 Å². The molecule has 0 aromatic carbocycles. The minimum absolute atomic E-state index is 1.05. The lowest BCUT2D eigenvalue weighted by Gasteiger charge is -2.29. The molecule has 0 radical (unpaired) electrons. The molecule has 0 fully saturated rings. The zero-order valence-corrected chi connectivity index (χ0v) is 16.9. The minimum atomic E-state index is -1.05. The molecule has 0 aliphatic rings. The molecule has 0 N–H and O–H groups in total. The van der Waals surface area contributed by atoms with Gasteiger partial charge in [-0.1, -0.05) is 13.1 Å². The van der Waals surface area contributed by atoms with E-state index in [0.717, 1.165) is 13.1 Å². The summed E-state index contributed by atoms with van der Waals surface area (Å²) in [5.74, 6) is 0. The lowest BCUT2D eigenvalue weighted by molar-refractivity contribution is 0.288. The van der Waals surface area contributed by atoms with Gasteiger partial charge >= 0.3 is 0 Å². The second kappa shape index (κ2) is 10.7. The first-order valence-corrected chi connectivity index (χ1v) is 11.7. The summed E-state index contributed by atoms with van der Waals surface area (Å²) in [6.07, 6.45) is 0. The monoisotopic (exact) mass is 316 g/mol. The third-order valence-electron chi connectivity index (χ3n) is 4.20. The van der Waals surface area contributed by atoms with Crippen molar-refractivity contribution in [1.29, 1.82) is 0 Å². The van der Waals surface area contributed by atoms with Crippen molar-refractivity contribution in [3.8, 4) is 0 Å². The molecule has 0 atom stereocenters. The Hall–Kier alpha value is 0.0569. The maximum atomic E-state index is 2.55. The maximum Gasteiger partial charge on any atom is 0.0498 e. The summed E-state index contributed by atoms with van der Waals surface area (Å²) in [5, 5.41) is 0. The van der Waals surface area contributed by atoms with E-state index in [9.17, 15) is 0 Å². The van der Waals surface area contributed by atoms with Crippen molar-refractivity contribution in [2.45, 2.75) is 25.2 Å². The molecule has 0 saturated carbocycles. The van der Waals surface area contributed by atoms with E-state index in [1.165, 1.54) is 38.3 Å². The highest BCUT2D eigenvalue weighted by atomic mass is 28.3. The Kier molecular flexibility index (Phi) is 10.8. The van der Waals surface area contributed by atoms with Crippen LogP contribution in [0.4, 0.5) is 0 Å². The van der Waals surface area contributed by atoms with E-state index < -0.39 is 8.07 Å². The standard InChI is InChI=1S/C16H40N4Si/c1-17(2)9-11-19(5)13-15-21(7,8)16-14-20(6)12-10-18(3)4/h9-16H2,1-8H3. The van der Waals surface area contributed by atoms with Crippen molar-refractivity contribution in [3.63, 3.8) is 0 Å². The molecule has 0 amide bonds. The first-order valence-electron chi connectivity index (χ1n) is 8.29. The first-order chi connectivity index (χ1) is 9.62. The smallest absolute Gasteiger partial charge is 0.0498 e. The van der Waals surface area contributed by atoms with Crippen LogP contribution in [-0.2, 0) is 0 Å². The molecule has 128 valence electrons. The SMILES string of the molecule is CN(C)CCN(C)CC[Si](C)(C)CCN(C)CCN(C)C. The van der Waals surface area contributed by atoms with Crippen LogP contribution in [0, 0.1) is 0 Å². The van der Waals surface area contributed by atoms with Crippen molar-refractivity contribution in [1.82, 2.24) is 19.6 Å². The number of hydrogen-bond acceptors (Lipinski definition) is 4. The van der Waals surface area contributed by atoms with Crippen molar-refractivity contribution in [2.75, 3.05) is 81.6 Å². The highest BCUT2D eigenvalue weighted by Crippen LogP contribution is 2.16. The van der Waals surface area contributed by atoms with Gasteiger partial charge in [0, 0.05) is 34.3 Å². The van der Waals surface area contributed by atoms with Crippen molar-refractivity contribution >= 4 is 8.07 Å². The molecule has 21 heavy (non-hydrogen) atoms. The molecule has 0 spiro atoms. The van der Waals surface area contributed by atoms with Gasteiger partial charge in [-0.15, -0.1) is 0 Å². The molecule has 0 unspecified atom stereocenters. The Morgan fingerprint density at radius 1 is 0.524 bits per heavy atom. The Morgan fingerprint density at radius 2 is 0.857 bits per heavy atom. The average Bonchev–Trinajstić information content (AvgIpc) is 2.38. The summed E-state index contributed by atoms with van der Waals surface area (Å²) in [6.45, 7) is 12.3. The zero-order valence-electron chi connectivity index (χ0n) is 15.9. The predicted octanol–water partition coefficient (Wildman–Crippen LogP) is 1.68. The summed E-state index contributed by atoms with van der Waals surface area (Å²) in [4.78, 5) is 9.51. The largest absolute Gasteiger partial charge is 0.308 e. The molecule has 0 aromatic rings. The maximum absolute atomic E-state index is 2.55. The minimum Gasteiger partial charge on any atom is -0.308 e. The number of nitrogens with zero attached hydrogens (tertiary/aromatic N) is 4. The Labute approximate surface area is 135 Å². The molecular formula is C16H40N4Si. The molecule has 0 aliphatic carbocycles. The van der Waals surface area contributed by atoms with Gasteiger partial charge in [0.2, 0.25) is 0 Å². The van der Waals surface area contributed by atoms with Crippen LogP contribution < -0.4 is 0 Å². The quantitative estimate of drug-likeness (QED) is 0.508. The van der Waals surface area contributed by atoms with Crippen molar-refractivity contribution in [2.24, 2.45) is 0 Å². The van der Waals surface area contributed by atoms with Crippen LogP contribution in [0.3, 0.4) is 0 Å². The average molecular weight is 317 g/mol. The summed E-state index contributed by atoms with van der Waals surface area (Å²) in [5.41, 5.74) is 0. The molecule has 0 saturated heterocycles. The van der Waals surface area contributed by atoms with Crippen molar-refractivity contribution in [3.05, 3.63) is 0 Å². The Balaban J connectivity index is 3.86. The van der Waals surface area contributed by atoms with Crippen molar-refractivity contribution < 1.29 is 0 Å². The van der Waals surface area contributed by atoms with Gasteiger partial charge in [-0.2, -0.15) is 0 Å². The second-order valence-electron chi connectivity index (χ2n) is 7.88. The Morgan fingerprint density at radius 3 is 1.14 bits per heavy atom. The molecule has 0 aromatic heterocycles. The van der Waals surface area contributed by atoms with Gasteiger partial charge in [-0.3, -0.25) is 0 Å². The highest BCUT2D eigenvalue weighted by molar-refractivity contribution is 6.77. The fourth-order valence-electron chi connectivity index (χ4n) is 2.08. The fraction of sp³-hybridized carbons (Fsp3) is 1.00. The molecular weight excluding hydrogens is 276 g/mol. The van der Waals surface area contributed by atoms with E-state index >= 15 is 0 Å². The molecule has 0 aliphatic heterocycles. The predicted molar refractivity (Wildman–Crippen MR) is 99.2 cm³/mol. The summed E-state index contributed by atoms with van der Waals surface area (Å²) < 4.78 is 0. The van der Waals surface area contributed by atoms with E-state index in [4.69, 9.17) is 0 Å². The third-order valence-corrected chi connectivity index (χ3v) is 7.35. The number of rotatable bonds is 12. The lowest BCUT2D eigenvalue weighted by atomic mass is 10.5. The van der Waals surface area contributed by atoms with Crippen LogP contribution in [0.15, 0.2) is 0 Å². The zero-order chi connectivity index (χ0) is 16.5. The van der Waals surface area contributed by atoms with Crippen LogP contribution in [0.25, 0.3) is 0 Å². The van der Waals surface area contributed by atoms with Gasteiger partial charge in [-0.05, 0) is 67.5 Å². The molecule has 0 rings (SSSR count). The van der Waals surface area contributed by atoms with E-state index in [1.807, 2.05) is 0 Å². The number of likely N-dealkylation sites (N-methyl/N-ethyl adjacent to an activating group) is 4. The fourth-order valence-corrected chi connectivity index (χ4v) is 4.30. The van der Waals surface area contributed by atoms with E-state index in [1.54, 1.807) is 0 Å². The normalized spacial score (nSPS) is 13.1. The summed E-state index contributed by atoms with van der Waals surface area (Å²) in [7, 11) is 12.1. The topological polar surface area (TPSA) is 13.0 Å². The van der Waals surface area contributed by atoms with Crippen LogP contribution in [-0.4, -0.2) is 109 Å². The molecule has 0 heterocycles. The Bertz CT molecular complexity index is 233. The van der Waals surface area contributed by atoms with E-state index in [2.05, 4.69) is 75.0 Å². The van der Waals surface area contributed by atoms with Gasteiger partial charge in [0.15, 0.2) is 0 Å². The van der Waals surface area contributed by atoms with Crippen LogP contribution >= 0.6 is 0 Å². The van der Waals surface area contributed by atoms with Gasteiger partial charge in [-0.25, -0.2) is 0 Å². The highest BCUT2D eigenvalue weighted by Gasteiger charge is 2.21. The van der Waals surface area contributed by atoms with E-state index in [0.29, 0.717) is 0 Å². The lowest BCUT2D eigenvalue weighted by Crippen LogP contribution is -2.38. The van der Waals surface area contributed by atoms with Gasteiger partial charge in [0.25, 0.3) is 0 Å². The van der Waals surface area contributed by atoms with Gasteiger partial charge in [0.1, 0.15) is 0 Å². The first kappa shape index (κ1) is 21.1. The van der Waals surface area contributed by atoms with Crippen LogP contribution in [0.1, 0.15) is 0 Å². The number of hydrogen-bond donors (Lipinski definition) is 0. The molecule has 0 bridgehead atoms. The molecule has 4 nitrogen and oxygen atoms in total.